The molecule has 1 aliphatic heterocycles. The van der Waals surface area contributed by atoms with E-state index in [2.05, 4.69) is 36.2 Å². The summed E-state index contributed by atoms with van der Waals surface area (Å²) < 4.78 is 0. The topological polar surface area (TPSA) is 29.3 Å². The van der Waals surface area contributed by atoms with Crippen LogP contribution in [0.15, 0.2) is 24.3 Å². The van der Waals surface area contributed by atoms with E-state index in [0.29, 0.717) is 6.04 Å². The molecular formula is C10H16Cl2N2. The number of halogens is 2. The molecule has 0 saturated carbocycles. The highest BCUT2D eigenvalue weighted by Gasteiger charge is 2.17. The van der Waals surface area contributed by atoms with Crippen molar-refractivity contribution in [2.75, 3.05) is 18.5 Å². The van der Waals surface area contributed by atoms with Crippen LogP contribution in [0.4, 0.5) is 5.69 Å². The molecule has 2 nitrogen and oxygen atoms in total. The van der Waals surface area contributed by atoms with Gasteiger partial charge in [-0.2, -0.15) is 0 Å². The van der Waals surface area contributed by atoms with E-state index >= 15 is 0 Å². The van der Waals surface area contributed by atoms with E-state index in [0.717, 1.165) is 13.0 Å². The summed E-state index contributed by atoms with van der Waals surface area (Å²) in [5, 5.41) is 0. The molecule has 0 fully saturated rings. The molecular weight excluding hydrogens is 219 g/mol. The lowest BCUT2D eigenvalue weighted by Crippen LogP contribution is -2.41. The first-order valence-corrected chi connectivity index (χ1v) is 4.32. The minimum atomic E-state index is 0. The highest BCUT2D eigenvalue weighted by atomic mass is 35.5. The Morgan fingerprint density at radius 2 is 1.93 bits per heavy atom. The Kier molecular flexibility index (Phi) is 5.27. The summed E-state index contributed by atoms with van der Waals surface area (Å²) >= 11 is 0. The Hall–Kier alpha value is -0.440. The van der Waals surface area contributed by atoms with Crippen molar-refractivity contribution in [3.8, 4) is 0 Å². The van der Waals surface area contributed by atoms with Crippen LogP contribution in [0.3, 0.4) is 0 Å². The third kappa shape index (κ3) is 2.53. The van der Waals surface area contributed by atoms with Crippen molar-refractivity contribution < 1.29 is 0 Å². The van der Waals surface area contributed by atoms with Gasteiger partial charge in [-0.3, -0.25) is 0 Å². The summed E-state index contributed by atoms with van der Waals surface area (Å²) in [6, 6.07) is 8.76. The second-order valence-electron chi connectivity index (χ2n) is 3.47. The van der Waals surface area contributed by atoms with Crippen LogP contribution in [0, 0.1) is 0 Å². The van der Waals surface area contributed by atoms with Gasteiger partial charge in [0.05, 0.1) is 0 Å². The maximum Gasteiger partial charge on any atom is 0.0397 e. The van der Waals surface area contributed by atoms with Gasteiger partial charge in [0.2, 0.25) is 0 Å². The average molecular weight is 235 g/mol. The van der Waals surface area contributed by atoms with Crippen LogP contribution in [-0.4, -0.2) is 19.6 Å². The van der Waals surface area contributed by atoms with Gasteiger partial charge in [-0.1, -0.05) is 18.2 Å². The first-order chi connectivity index (χ1) is 5.77. The molecule has 2 rings (SSSR count). The molecule has 1 heterocycles. The number of hydrogen-bond donors (Lipinski definition) is 1. The SMILES string of the molecule is CN1CC(N)Cc2ccccc21.Cl.Cl. The normalized spacial score (nSPS) is 19.0. The van der Waals surface area contributed by atoms with Gasteiger partial charge < -0.3 is 10.6 Å². The van der Waals surface area contributed by atoms with Crippen molar-refractivity contribution in [3.05, 3.63) is 29.8 Å². The fourth-order valence-corrected chi connectivity index (χ4v) is 1.85. The molecule has 80 valence electrons. The van der Waals surface area contributed by atoms with Crippen molar-refractivity contribution in [1.29, 1.82) is 0 Å². The molecule has 2 N–H and O–H groups in total. The van der Waals surface area contributed by atoms with E-state index in [1.165, 1.54) is 11.3 Å². The summed E-state index contributed by atoms with van der Waals surface area (Å²) in [5.74, 6) is 0. The number of nitrogens with zero attached hydrogens (tertiary/aromatic N) is 1. The van der Waals surface area contributed by atoms with Gasteiger partial charge in [0.25, 0.3) is 0 Å². The molecule has 0 amide bonds. The van der Waals surface area contributed by atoms with E-state index in [9.17, 15) is 0 Å². The first-order valence-electron chi connectivity index (χ1n) is 4.32. The van der Waals surface area contributed by atoms with Gasteiger partial charge in [0, 0.05) is 25.3 Å². The third-order valence-corrected chi connectivity index (χ3v) is 2.39. The average Bonchev–Trinajstić information content (AvgIpc) is 2.04. The van der Waals surface area contributed by atoms with Crippen LogP contribution in [0.25, 0.3) is 0 Å². The number of anilines is 1. The zero-order valence-corrected chi connectivity index (χ0v) is 9.78. The minimum absolute atomic E-state index is 0. The maximum absolute atomic E-state index is 5.90. The number of rotatable bonds is 0. The molecule has 1 aromatic carbocycles. The third-order valence-electron chi connectivity index (χ3n) is 2.39. The van der Waals surface area contributed by atoms with E-state index in [1.807, 2.05) is 0 Å². The summed E-state index contributed by atoms with van der Waals surface area (Å²) in [6.07, 6.45) is 1.01. The van der Waals surface area contributed by atoms with Crippen LogP contribution in [-0.2, 0) is 6.42 Å². The Bertz CT molecular complexity index is 291. The zero-order chi connectivity index (χ0) is 8.55. The highest BCUT2D eigenvalue weighted by molar-refractivity contribution is 5.85. The number of hydrogen-bond acceptors (Lipinski definition) is 2. The molecule has 1 unspecified atom stereocenters. The van der Waals surface area contributed by atoms with Gasteiger partial charge in [-0.25, -0.2) is 0 Å². The van der Waals surface area contributed by atoms with Crippen LogP contribution in [0.1, 0.15) is 5.56 Å². The second kappa shape index (κ2) is 5.44. The molecule has 0 bridgehead atoms. The van der Waals surface area contributed by atoms with Crippen molar-refractivity contribution in [2.45, 2.75) is 12.5 Å². The van der Waals surface area contributed by atoms with Gasteiger partial charge >= 0.3 is 0 Å². The minimum Gasteiger partial charge on any atom is -0.373 e. The number of benzene rings is 1. The summed E-state index contributed by atoms with van der Waals surface area (Å²) in [4.78, 5) is 2.23. The fourth-order valence-electron chi connectivity index (χ4n) is 1.85. The van der Waals surface area contributed by atoms with Crippen molar-refractivity contribution >= 4 is 30.5 Å². The highest BCUT2D eigenvalue weighted by Crippen LogP contribution is 2.24. The first kappa shape index (κ1) is 13.6. The monoisotopic (exact) mass is 234 g/mol. The summed E-state index contributed by atoms with van der Waals surface area (Å²) in [6.45, 7) is 0.969. The fraction of sp³-hybridized carbons (Fsp3) is 0.400. The number of nitrogens with two attached hydrogens (primary N) is 1. The molecule has 1 aromatic rings. The molecule has 0 spiro atoms. The molecule has 0 saturated heterocycles. The molecule has 0 radical (unpaired) electrons. The summed E-state index contributed by atoms with van der Waals surface area (Å²) in [7, 11) is 2.10. The molecule has 1 atom stereocenters. The van der Waals surface area contributed by atoms with E-state index in [-0.39, 0.29) is 24.8 Å². The standard InChI is InChI=1S/C10H14N2.2ClH/c1-12-7-9(11)6-8-4-2-3-5-10(8)12;;/h2-5,9H,6-7,11H2,1H3;2*1H. The number of para-hydroxylation sites is 1. The number of fused-ring (bicyclic) bond motifs is 1. The van der Waals surface area contributed by atoms with Crippen LogP contribution in [0.5, 0.6) is 0 Å². The predicted molar refractivity (Wildman–Crippen MR) is 65.9 cm³/mol. The molecule has 14 heavy (non-hydrogen) atoms. The number of likely N-dealkylation sites (N-methyl/N-ethyl adjacent to an activating group) is 1. The quantitative estimate of drug-likeness (QED) is 0.743. The van der Waals surface area contributed by atoms with Crippen molar-refractivity contribution in [2.24, 2.45) is 5.73 Å². The van der Waals surface area contributed by atoms with Gasteiger partial charge in [0.1, 0.15) is 0 Å². The zero-order valence-electron chi connectivity index (χ0n) is 8.14. The Morgan fingerprint density at radius 3 is 2.64 bits per heavy atom. The molecule has 1 aliphatic rings. The summed E-state index contributed by atoms with van der Waals surface area (Å²) in [5.41, 5.74) is 8.60. The van der Waals surface area contributed by atoms with E-state index < -0.39 is 0 Å². The Balaban J connectivity index is 0.000000845. The lowest BCUT2D eigenvalue weighted by atomic mass is 9.99. The molecule has 4 heteroatoms. The molecule has 0 aliphatic carbocycles. The lowest BCUT2D eigenvalue weighted by Gasteiger charge is -2.31. The van der Waals surface area contributed by atoms with Crippen molar-refractivity contribution in [3.63, 3.8) is 0 Å². The van der Waals surface area contributed by atoms with Crippen LogP contribution < -0.4 is 10.6 Å². The van der Waals surface area contributed by atoms with E-state index in [1.54, 1.807) is 0 Å². The Labute approximate surface area is 97.3 Å². The predicted octanol–water partition coefficient (Wildman–Crippen LogP) is 1.85. The van der Waals surface area contributed by atoms with Gasteiger partial charge in [0.15, 0.2) is 0 Å². The van der Waals surface area contributed by atoms with Crippen LogP contribution in [0.2, 0.25) is 0 Å². The second-order valence-corrected chi connectivity index (χ2v) is 3.47. The van der Waals surface area contributed by atoms with Crippen LogP contribution >= 0.6 is 24.8 Å². The maximum atomic E-state index is 5.90. The Morgan fingerprint density at radius 1 is 1.29 bits per heavy atom. The smallest absolute Gasteiger partial charge is 0.0397 e. The lowest BCUT2D eigenvalue weighted by molar-refractivity contribution is 0.628. The van der Waals surface area contributed by atoms with Gasteiger partial charge in [-0.05, 0) is 18.1 Å². The van der Waals surface area contributed by atoms with Gasteiger partial charge in [-0.15, -0.1) is 24.8 Å². The van der Waals surface area contributed by atoms with E-state index in [4.69, 9.17) is 5.73 Å². The van der Waals surface area contributed by atoms with Crippen molar-refractivity contribution in [1.82, 2.24) is 0 Å². The largest absolute Gasteiger partial charge is 0.373 e. The molecule has 0 aromatic heterocycles.